The van der Waals surface area contributed by atoms with Gasteiger partial charge < -0.3 is 9.84 Å². The van der Waals surface area contributed by atoms with Crippen molar-refractivity contribution in [3.63, 3.8) is 0 Å². The smallest absolute Gasteiger partial charge is 0.324 e. The Morgan fingerprint density at radius 3 is 2.39 bits per heavy atom. The fourth-order valence-corrected chi connectivity index (χ4v) is 3.45. The second-order valence-electron chi connectivity index (χ2n) is 4.92. The predicted octanol–water partition coefficient (Wildman–Crippen LogP) is 2.28. The van der Waals surface area contributed by atoms with Crippen molar-refractivity contribution in [1.82, 2.24) is 0 Å². The fourth-order valence-electron chi connectivity index (χ4n) is 2.04. The van der Waals surface area contributed by atoms with E-state index in [0.29, 0.717) is 5.75 Å². The molecule has 0 aliphatic heterocycles. The largest absolute Gasteiger partial charge is 0.497 e. The second-order valence-corrected chi connectivity index (χ2v) is 6.78. The Hall–Kier alpha value is -2.54. The van der Waals surface area contributed by atoms with Crippen LogP contribution in [0.4, 0.5) is 5.69 Å². The number of carboxylic acids is 1. The minimum atomic E-state index is -3.99. The van der Waals surface area contributed by atoms with Crippen LogP contribution in [-0.2, 0) is 14.8 Å². The van der Waals surface area contributed by atoms with E-state index in [1.54, 1.807) is 24.3 Å². The summed E-state index contributed by atoms with van der Waals surface area (Å²) in [7, 11) is -2.54. The van der Waals surface area contributed by atoms with E-state index >= 15 is 0 Å². The highest BCUT2D eigenvalue weighted by atomic mass is 32.2. The third-order valence-electron chi connectivity index (χ3n) is 3.23. The van der Waals surface area contributed by atoms with Crippen molar-refractivity contribution in [1.29, 1.82) is 0 Å². The van der Waals surface area contributed by atoms with E-state index in [-0.39, 0.29) is 10.6 Å². The molecule has 0 fully saturated rings. The zero-order chi connectivity index (χ0) is 17.0. The Kier molecular flexibility index (Phi) is 4.90. The molecule has 0 atom stereocenters. The number of carbonyl (C=O) groups is 1. The van der Waals surface area contributed by atoms with Crippen molar-refractivity contribution < 1.29 is 23.1 Å². The highest BCUT2D eigenvalue weighted by molar-refractivity contribution is 7.92. The van der Waals surface area contributed by atoms with Gasteiger partial charge in [0.15, 0.2) is 0 Å². The monoisotopic (exact) mass is 335 g/mol. The summed E-state index contributed by atoms with van der Waals surface area (Å²) in [5.41, 5.74) is 1.14. The van der Waals surface area contributed by atoms with E-state index < -0.39 is 22.5 Å². The van der Waals surface area contributed by atoms with Gasteiger partial charge in [-0.25, -0.2) is 8.42 Å². The normalized spacial score (nSPS) is 11.0. The van der Waals surface area contributed by atoms with E-state index in [1.807, 2.05) is 6.92 Å². The first-order valence-electron chi connectivity index (χ1n) is 6.80. The van der Waals surface area contributed by atoms with Gasteiger partial charge in [0.05, 0.1) is 17.7 Å². The van der Waals surface area contributed by atoms with E-state index in [2.05, 4.69) is 0 Å². The zero-order valence-electron chi connectivity index (χ0n) is 12.8. The predicted molar refractivity (Wildman–Crippen MR) is 86.3 cm³/mol. The maximum Gasteiger partial charge on any atom is 0.324 e. The van der Waals surface area contributed by atoms with Crippen LogP contribution in [0.15, 0.2) is 53.4 Å². The van der Waals surface area contributed by atoms with Crippen LogP contribution in [0.5, 0.6) is 5.75 Å². The number of hydrogen-bond donors (Lipinski definition) is 1. The van der Waals surface area contributed by atoms with Crippen molar-refractivity contribution in [2.75, 3.05) is 18.0 Å². The molecule has 1 N–H and O–H groups in total. The third kappa shape index (κ3) is 3.81. The maximum absolute atomic E-state index is 12.8. The summed E-state index contributed by atoms with van der Waals surface area (Å²) in [6.45, 7) is 1.16. The van der Waals surface area contributed by atoms with Crippen LogP contribution in [0.1, 0.15) is 5.56 Å². The Labute approximate surface area is 135 Å². The number of aliphatic carboxylic acids is 1. The van der Waals surface area contributed by atoms with Crippen molar-refractivity contribution in [3.05, 3.63) is 54.1 Å². The van der Waals surface area contributed by atoms with Gasteiger partial charge in [0.1, 0.15) is 12.3 Å². The van der Waals surface area contributed by atoms with E-state index in [0.717, 1.165) is 9.87 Å². The Bertz CT molecular complexity index is 799. The minimum absolute atomic E-state index is 0.0344. The lowest BCUT2D eigenvalue weighted by Gasteiger charge is -2.23. The van der Waals surface area contributed by atoms with Crippen molar-refractivity contribution >= 4 is 21.7 Å². The van der Waals surface area contributed by atoms with Crippen LogP contribution in [0.2, 0.25) is 0 Å². The Balaban J connectivity index is 2.52. The van der Waals surface area contributed by atoms with E-state index in [9.17, 15) is 13.2 Å². The molecule has 2 aromatic carbocycles. The number of rotatable bonds is 6. The SMILES string of the molecule is COc1cccc(N(CC(=O)O)S(=O)(=O)c2ccc(C)cc2)c1. The number of hydrogen-bond acceptors (Lipinski definition) is 4. The summed E-state index contributed by atoms with van der Waals surface area (Å²) in [6.07, 6.45) is 0. The summed E-state index contributed by atoms with van der Waals surface area (Å²) in [6, 6.07) is 12.5. The lowest BCUT2D eigenvalue weighted by molar-refractivity contribution is -0.135. The number of benzene rings is 2. The summed E-state index contributed by atoms with van der Waals surface area (Å²) < 4.78 is 31.5. The average molecular weight is 335 g/mol. The van der Waals surface area contributed by atoms with Gasteiger partial charge in [-0.2, -0.15) is 0 Å². The van der Waals surface area contributed by atoms with E-state index in [4.69, 9.17) is 9.84 Å². The lowest BCUT2D eigenvalue weighted by Crippen LogP contribution is -2.35. The summed E-state index contributed by atoms with van der Waals surface area (Å²) in [4.78, 5) is 11.2. The highest BCUT2D eigenvalue weighted by Crippen LogP contribution is 2.26. The van der Waals surface area contributed by atoms with Gasteiger partial charge in [0, 0.05) is 6.07 Å². The Morgan fingerprint density at radius 1 is 1.17 bits per heavy atom. The minimum Gasteiger partial charge on any atom is -0.497 e. The van der Waals surface area contributed by atoms with Gasteiger partial charge in [-0.15, -0.1) is 0 Å². The summed E-state index contributed by atoms with van der Waals surface area (Å²) >= 11 is 0. The summed E-state index contributed by atoms with van der Waals surface area (Å²) in [5, 5.41) is 9.09. The molecule has 0 radical (unpaired) electrons. The van der Waals surface area contributed by atoms with Crippen LogP contribution < -0.4 is 9.04 Å². The molecule has 0 saturated carbocycles. The first-order valence-corrected chi connectivity index (χ1v) is 8.24. The molecular weight excluding hydrogens is 318 g/mol. The fraction of sp³-hybridized carbons (Fsp3) is 0.188. The molecule has 0 bridgehead atoms. The molecule has 122 valence electrons. The molecule has 0 saturated heterocycles. The van der Waals surface area contributed by atoms with Crippen molar-refractivity contribution in [2.45, 2.75) is 11.8 Å². The van der Waals surface area contributed by atoms with Crippen LogP contribution in [0.3, 0.4) is 0 Å². The van der Waals surface area contributed by atoms with Crippen LogP contribution in [0, 0.1) is 6.92 Å². The van der Waals surface area contributed by atoms with Crippen LogP contribution in [0.25, 0.3) is 0 Å². The first-order chi connectivity index (χ1) is 10.8. The molecule has 0 spiro atoms. The standard InChI is InChI=1S/C16H17NO5S/c1-12-6-8-15(9-7-12)23(20,21)17(11-16(18)19)13-4-3-5-14(10-13)22-2/h3-10H,11H2,1-2H3,(H,18,19). The molecule has 2 aromatic rings. The number of methoxy groups -OCH3 is 1. The van der Waals surface area contributed by atoms with Gasteiger partial charge in [-0.1, -0.05) is 23.8 Å². The molecular formula is C16H17NO5S. The van der Waals surface area contributed by atoms with Crippen LogP contribution >= 0.6 is 0 Å². The highest BCUT2D eigenvalue weighted by Gasteiger charge is 2.27. The topological polar surface area (TPSA) is 83.9 Å². The molecule has 0 aliphatic rings. The molecule has 6 nitrogen and oxygen atoms in total. The van der Waals surface area contributed by atoms with Crippen molar-refractivity contribution in [3.8, 4) is 5.75 Å². The van der Waals surface area contributed by atoms with Crippen molar-refractivity contribution in [2.24, 2.45) is 0 Å². The molecule has 0 aromatic heterocycles. The number of anilines is 1. The average Bonchev–Trinajstić information content (AvgIpc) is 2.52. The third-order valence-corrected chi connectivity index (χ3v) is 5.02. The summed E-state index contributed by atoms with van der Waals surface area (Å²) in [5.74, 6) is -0.805. The molecule has 0 aliphatic carbocycles. The zero-order valence-corrected chi connectivity index (χ0v) is 13.6. The van der Waals surface area contributed by atoms with Gasteiger partial charge in [0.25, 0.3) is 10.0 Å². The molecule has 23 heavy (non-hydrogen) atoms. The molecule has 2 rings (SSSR count). The molecule has 0 heterocycles. The van der Waals surface area contributed by atoms with Gasteiger partial charge in [-0.3, -0.25) is 9.10 Å². The lowest BCUT2D eigenvalue weighted by atomic mass is 10.2. The molecule has 0 unspecified atom stereocenters. The maximum atomic E-state index is 12.8. The Morgan fingerprint density at radius 2 is 1.83 bits per heavy atom. The number of carboxylic acid groups (broad SMARTS) is 1. The number of aryl methyl sites for hydroxylation is 1. The second kappa shape index (κ2) is 6.70. The van der Waals surface area contributed by atoms with Gasteiger partial charge in [0.2, 0.25) is 0 Å². The first kappa shape index (κ1) is 16.8. The molecule has 0 amide bonds. The number of nitrogens with zero attached hydrogens (tertiary/aromatic N) is 1. The van der Waals surface area contributed by atoms with Gasteiger partial charge >= 0.3 is 5.97 Å². The van der Waals surface area contributed by atoms with E-state index in [1.165, 1.54) is 31.4 Å². The number of ether oxygens (including phenoxy) is 1. The number of sulfonamides is 1. The molecule has 7 heteroatoms. The van der Waals surface area contributed by atoms with Gasteiger partial charge in [-0.05, 0) is 31.2 Å². The quantitative estimate of drug-likeness (QED) is 0.875. The van der Waals surface area contributed by atoms with Crippen LogP contribution in [-0.4, -0.2) is 33.1 Å².